The van der Waals surface area contributed by atoms with Gasteiger partial charge in [0.05, 0.1) is 0 Å². The molecule has 0 radical (unpaired) electrons. The van der Waals surface area contributed by atoms with Crippen LogP contribution in [-0.4, -0.2) is 32.2 Å². The number of nitrogens with one attached hydrogen (secondary N) is 1. The largest absolute Gasteiger partial charge is 0.352 e. The second-order valence-corrected chi connectivity index (χ2v) is 6.55. The molecule has 1 aromatic carbocycles. The minimum absolute atomic E-state index is 0.0109. The van der Waals surface area contributed by atoms with Gasteiger partial charge in [0.1, 0.15) is 12.4 Å². The van der Waals surface area contributed by atoms with Gasteiger partial charge in [-0.2, -0.15) is 0 Å². The number of hydrogen-bond acceptors (Lipinski definition) is 4. The van der Waals surface area contributed by atoms with E-state index in [1.54, 1.807) is 4.68 Å². The Balaban J connectivity index is 1.68. The summed E-state index contributed by atoms with van der Waals surface area (Å²) in [7, 11) is 0. The molecule has 1 amide bonds. The van der Waals surface area contributed by atoms with Crippen LogP contribution >= 0.6 is 0 Å². The lowest BCUT2D eigenvalue weighted by Gasteiger charge is -2.24. The highest BCUT2D eigenvalue weighted by molar-refractivity contribution is 5.80. The Kier molecular flexibility index (Phi) is 5.93. The van der Waals surface area contributed by atoms with Crippen molar-refractivity contribution in [3.05, 3.63) is 42.2 Å². The molecular formula is C18H25N5O. The third-order valence-electron chi connectivity index (χ3n) is 4.71. The van der Waals surface area contributed by atoms with Gasteiger partial charge >= 0.3 is 0 Å². The minimum atomic E-state index is -0.409. The highest BCUT2D eigenvalue weighted by Crippen LogP contribution is 2.19. The molecule has 3 rings (SSSR count). The average molecular weight is 327 g/mol. The first-order chi connectivity index (χ1) is 11.8. The predicted octanol–water partition coefficient (Wildman–Crippen LogP) is 2.69. The molecule has 1 atom stereocenters. The van der Waals surface area contributed by atoms with Gasteiger partial charge in [-0.15, -0.1) is 5.10 Å². The molecule has 1 unspecified atom stereocenters. The van der Waals surface area contributed by atoms with Gasteiger partial charge in [0.2, 0.25) is 5.91 Å². The number of amides is 1. The Morgan fingerprint density at radius 1 is 1.12 bits per heavy atom. The van der Waals surface area contributed by atoms with Crippen LogP contribution in [0.5, 0.6) is 0 Å². The van der Waals surface area contributed by atoms with Crippen molar-refractivity contribution >= 4 is 5.91 Å². The molecule has 1 aliphatic carbocycles. The van der Waals surface area contributed by atoms with Crippen LogP contribution in [0.2, 0.25) is 0 Å². The number of benzene rings is 1. The van der Waals surface area contributed by atoms with E-state index in [1.165, 1.54) is 38.4 Å². The highest BCUT2D eigenvalue weighted by Gasteiger charge is 2.24. The van der Waals surface area contributed by atoms with E-state index in [-0.39, 0.29) is 11.9 Å². The number of nitrogens with zero attached hydrogens (tertiary/aromatic N) is 4. The van der Waals surface area contributed by atoms with Crippen molar-refractivity contribution < 1.29 is 4.79 Å². The summed E-state index contributed by atoms with van der Waals surface area (Å²) in [4.78, 5) is 12.9. The Bertz CT molecular complexity index is 606. The van der Waals surface area contributed by atoms with Crippen LogP contribution in [0, 0.1) is 0 Å². The predicted molar refractivity (Wildman–Crippen MR) is 91.2 cm³/mol. The van der Waals surface area contributed by atoms with Crippen molar-refractivity contribution in [3.8, 4) is 0 Å². The first-order valence-electron chi connectivity index (χ1n) is 8.90. The zero-order valence-electron chi connectivity index (χ0n) is 14.0. The summed E-state index contributed by atoms with van der Waals surface area (Å²) in [6.07, 6.45) is 10.5. The standard InChI is InChI=1S/C18H25N5O/c24-18(20-16-11-7-2-1-3-8-12-16)17(23-14-19-21-22-23)13-15-9-5-4-6-10-15/h4-6,9-10,14,16-17H,1-3,7-8,11-13H2,(H,20,24). The molecule has 0 aliphatic heterocycles. The van der Waals surface area contributed by atoms with Crippen LogP contribution in [-0.2, 0) is 11.2 Å². The smallest absolute Gasteiger partial charge is 0.245 e. The van der Waals surface area contributed by atoms with Crippen LogP contribution in [0.25, 0.3) is 0 Å². The fourth-order valence-electron chi connectivity index (χ4n) is 3.35. The Hall–Kier alpha value is -2.24. The lowest BCUT2D eigenvalue weighted by atomic mass is 9.96. The fourth-order valence-corrected chi connectivity index (χ4v) is 3.35. The fraction of sp³-hybridized carbons (Fsp3) is 0.556. The van der Waals surface area contributed by atoms with Gasteiger partial charge < -0.3 is 5.32 Å². The van der Waals surface area contributed by atoms with Gasteiger partial charge in [-0.1, -0.05) is 62.4 Å². The molecule has 6 nitrogen and oxygen atoms in total. The molecule has 2 aromatic rings. The number of carbonyl (C=O) groups excluding carboxylic acids is 1. The van der Waals surface area contributed by atoms with Crippen molar-refractivity contribution in [3.63, 3.8) is 0 Å². The first-order valence-corrected chi connectivity index (χ1v) is 8.90. The van der Waals surface area contributed by atoms with Gasteiger partial charge in [-0.05, 0) is 28.8 Å². The average Bonchev–Trinajstić information content (AvgIpc) is 3.10. The van der Waals surface area contributed by atoms with E-state index < -0.39 is 6.04 Å². The Morgan fingerprint density at radius 3 is 2.50 bits per heavy atom. The maximum atomic E-state index is 12.9. The first kappa shape index (κ1) is 16.6. The summed E-state index contributed by atoms with van der Waals surface area (Å²) in [6, 6.07) is 9.86. The highest BCUT2D eigenvalue weighted by atomic mass is 16.2. The lowest BCUT2D eigenvalue weighted by Crippen LogP contribution is -2.41. The summed E-state index contributed by atoms with van der Waals surface area (Å²) >= 11 is 0. The zero-order chi connectivity index (χ0) is 16.6. The molecule has 0 saturated heterocycles. The molecule has 0 bridgehead atoms. The van der Waals surface area contributed by atoms with Crippen LogP contribution in [0.15, 0.2) is 36.7 Å². The van der Waals surface area contributed by atoms with Gasteiger partial charge in [-0.3, -0.25) is 4.79 Å². The van der Waals surface area contributed by atoms with E-state index in [0.717, 1.165) is 18.4 Å². The molecule has 1 heterocycles. The van der Waals surface area contributed by atoms with Crippen LogP contribution in [0.1, 0.15) is 56.6 Å². The quantitative estimate of drug-likeness (QED) is 0.916. The van der Waals surface area contributed by atoms with Crippen molar-refractivity contribution in [2.45, 2.75) is 63.5 Å². The third-order valence-corrected chi connectivity index (χ3v) is 4.71. The second-order valence-electron chi connectivity index (χ2n) is 6.55. The second kappa shape index (κ2) is 8.57. The number of tetrazole rings is 1. The molecular weight excluding hydrogens is 302 g/mol. The minimum Gasteiger partial charge on any atom is -0.352 e. The van der Waals surface area contributed by atoms with Crippen molar-refractivity contribution in [1.29, 1.82) is 0 Å². The Labute approximate surface area is 142 Å². The van der Waals surface area contributed by atoms with E-state index in [1.807, 2.05) is 30.3 Å². The van der Waals surface area contributed by atoms with Gasteiger partial charge in [-0.25, -0.2) is 4.68 Å². The number of carbonyl (C=O) groups is 1. The number of rotatable bonds is 5. The normalized spacial score (nSPS) is 17.7. The van der Waals surface area contributed by atoms with Gasteiger partial charge in [0, 0.05) is 12.5 Å². The summed E-state index contributed by atoms with van der Waals surface area (Å²) in [5, 5.41) is 14.6. The molecule has 24 heavy (non-hydrogen) atoms. The number of hydrogen-bond donors (Lipinski definition) is 1. The van der Waals surface area contributed by atoms with E-state index in [9.17, 15) is 4.79 Å². The third kappa shape index (κ3) is 4.63. The zero-order valence-corrected chi connectivity index (χ0v) is 14.0. The van der Waals surface area contributed by atoms with Crippen molar-refractivity contribution in [1.82, 2.24) is 25.5 Å². The number of aromatic nitrogens is 4. The maximum absolute atomic E-state index is 12.9. The van der Waals surface area contributed by atoms with E-state index in [0.29, 0.717) is 6.42 Å². The van der Waals surface area contributed by atoms with E-state index in [2.05, 4.69) is 20.8 Å². The molecule has 1 aliphatic rings. The topological polar surface area (TPSA) is 72.7 Å². The summed E-state index contributed by atoms with van der Waals surface area (Å²) in [6.45, 7) is 0. The molecule has 128 valence electrons. The molecule has 1 N–H and O–H groups in total. The Morgan fingerprint density at radius 2 is 1.83 bits per heavy atom. The van der Waals surface area contributed by atoms with E-state index >= 15 is 0 Å². The summed E-state index contributed by atoms with van der Waals surface area (Å²) < 4.78 is 1.56. The van der Waals surface area contributed by atoms with Crippen LogP contribution < -0.4 is 5.32 Å². The van der Waals surface area contributed by atoms with Crippen molar-refractivity contribution in [2.75, 3.05) is 0 Å². The van der Waals surface area contributed by atoms with Gasteiger partial charge in [0.25, 0.3) is 0 Å². The molecule has 1 saturated carbocycles. The van der Waals surface area contributed by atoms with E-state index in [4.69, 9.17) is 0 Å². The summed E-state index contributed by atoms with van der Waals surface area (Å²) in [5.74, 6) is 0.0109. The molecule has 1 fully saturated rings. The molecule has 0 spiro atoms. The summed E-state index contributed by atoms with van der Waals surface area (Å²) in [5.41, 5.74) is 1.10. The lowest BCUT2D eigenvalue weighted by molar-refractivity contribution is -0.125. The van der Waals surface area contributed by atoms with Crippen molar-refractivity contribution in [2.24, 2.45) is 0 Å². The molecule has 1 aromatic heterocycles. The molecule has 6 heteroatoms. The van der Waals surface area contributed by atoms with Crippen LogP contribution in [0.3, 0.4) is 0 Å². The van der Waals surface area contributed by atoms with Gasteiger partial charge in [0.15, 0.2) is 0 Å². The van der Waals surface area contributed by atoms with Crippen LogP contribution in [0.4, 0.5) is 0 Å². The monoisotopic (exact) mass is 327 g/mol. The SMILES string of the molecule is O=C(NC1CCCCCCC1)C(Cc1ccccc1)n1cnnn1. The maximum Gasteiger partial charge on any atom is 0.245 e.